The van der Waals surface area contributed by atoms with E-state index in [2.05, 4.69) is 25.9 Å². The van der Waals surface area contributed by atoms with Crippen LogP contribution in [0.5, 0.6) is 0 Å². The molecule has 0 bridgehead atoms. The molecular formula is C14H16BBrN2O2S. The first-order valence-corrected chi connectivity index (χ1v) is 8.39. The standard InChI is InChI=1S/C14H16BBrN2O2S/c1-13(2)14(3,4)20-15(19-13)9-5-6-10(17-7-9)12-18-11(16)8-21-12/h5-8H,1-4H3. The lowest BCUT2D eigenvalue weighted by Crippen LogP contribution is -2.41. The van der Waals surface area contributed by atoms with Gasteiger partial charge >= 0.3 is 7.12 Å². The highest BCUT2D eigenvalue weighted by molar-refractivity contribution is 9.10. The third-order valence-electron chi connectivity index (χ3n) is 4.01. The summed E-state index contributed by atoms with van der Waals surface area (Å²) in [6, 6.07) is 3.94. The van der Waals surface area contributed by atoms with Gasteiger partial charge in [-0.2, -0.15) is 0 Å². The van der Waals surface area contributed by atoms with Gasteiger partial charge in [0.1, 0.15) is 9.61 Å². The maximum absolute atomic E-state index is 6.02. The molecule has 0 aromatic carbocycles. The van der Waals surface area contributed by atoms with Crippen LogP contribution in [-0.2, 0) is 9.31 Å². The van der Waals surface area contributed by atoms with Gasteiger partial charge in [-0.15, -0.1) is 11.3 Å². The molecule has 1 fully saturated rings. The molecule has 0 unspecified atom stereocenters. The van der Waals surface area contributed by atoms with Crippen molar-refractivity contribution in [2.75, 3.05) is 0 Å². The Balaban J connectivity index is 1.83. The molecular weight excluding hydrogens is 351 g/mol. The molecule has 110 valence electrons. The predicted molar refractivity (Wildman–Crippen MR) is 88.8 cm³/mol. The summed E-state index contributed by atoms with van der Waals surface area (Å²) in [6.45, 7) is 8.17. The Morgan fingerprint density at radius 3 is 2.29 bits per heavy atom. The molecule has 3 rings (SSSR count). The lowest BCUT2D eigenvalue weighted by Gasteiger charge is -2.32. The van der Waals surface area contributed by atoms with Crippen LogP contribution in [0.2, 0.25) is 0 Å². The van der Waals surface area contributed by atoms with Crippen LogP contribution in [0.4, 0.5) is 0 Å². The van der Waals surface area contributed by atoms with Gasteiger partial charge in [-0.05, 0) is 49.7 Å². The zero-order chi connectivity index (χ0) is 15.3. The molecule has 0 amide bonds. The molecule has 2 aromatic rings. The Labute approximate surface area is 137 Å². The van der Waals surface area contributed by atoms with Gasteiger partial charge in [0.2, 0.25) is 0 Å². The summed E-state index contributed by atoms with van der Waals surface area (Å²) >= 11 is 4.91. The maximum atomic E-state index is 6.02. The second kappa shape index (κ2) is 5.16. The Hall–Kier alpha value is -0.755. The van der Waals surface area contributed by atoms with Crippen molar-refractivity contribution in [3.05, 3.63) is 28.3 Å². The molecule has 2 aromatic heterocycles. The minimum atomic E-state index is -0.375. The molecule has 7 heteroatoms. The van der Waals surface area contributed by atoms with E-state index in [1.165, 1.54) is 0 Å². The van der Waals surface area contributed by atoms with E-state index in [0.717, 1.165) is 20.8 Å². The van der Waals surface area contributed by atoms with E-state index in [9.17, 15) is 0 Å². The lowest BCUT2D eigenvalue weighted by atomic mass is 9.80. The van der Waals surface area contributed by atoms with Crippen LogP contribution in [0.25, 0.3) is 10.7 Å². The zero-order valence-corrected chi connectivity index (χ0v) is 14.8. The van der Waals surface area contributed by atoms with Gasteiger partial charge < -0.3 is 9.31 Å². The first-order chi connectivity index (χ1) is 9.78. The third-order valence-corrected chi connectivity index (χ3v) is 5.58. The summed E-state index contributed by atoms with van der Waals surface area (Å²) in [5, 5.41) is 2.83. The van der Waals surface area contributed by atoms with Gasteiger partial charge in [0.25, 0.3) is 0 Å². The SMILES string of the molecule is CC1(C)OB(c2ccc(-c3nc(Br)cs3)nc2)OC1(C)C. The summed E-state index contributed by atoms with van der Waals surface area (Å²) < 4.78 is 12.9. The molecule has 21 heavy (non-hydrogen) atoms. The van der Waals surface area contributed by atoms with Crippen molar-refractivity contribution in [1.82, 2.24) is 9.97 Å². The smallest absolute Gasteiger partial charge is 0.399 e. The molecule has 0 saturated carbocycles. The molecule has 1 aliphatic heterocycles. The number of aromatic nitrogens is 2. The van der Waals surface area contributed by atoms with Gasteiger partial charge in [-0.3, -0.25) is 4.98 Å². The van der Waals surface area contributed by atoms with Crippen LogP contribution in [0, 0.1) is 0 Å². The van der Waals surface area contributed by atoms with Gasteiger partial charge in [0, 0.05) is 17.0 Å². The Morgan fingerprint density at radius 2 is 1.81 bits per heavy atom. The van der Waals surface area contributed by atoms with Crippen molar-refractivity contribution in [3.8, 4) is 10.7 Å². The minimum Gasteiger partial charge on any atom is -0.399 e. The van der Waals surface area contributed by atoms with Crippen LogP contribution < -0.4 is 5.46 Å². The fourth-order valence-corrected chi connectivity index (χ4v) is 3.25. The van der Waals surface area contributed by atoms with E-state index in [0.29, 0.717) is 0 Å². The number of hydrogen-bond donors (Lipinski definition) is 0. The largest absolute Gasteiger partial charge is 0.496 e. The highest BCUT2D eigenvalue weighted by atomic mass is 79.9. The monoisotopic (exact) mass is 366 g/mol. The molecule has 3 heterocycles. The van der Waals surface area contributed by atoms with Crippen LogP contribution in [0.3, 0.4) is 0 Å². The van der Waals surface area contributed by atoms with Crippen LogP contribution >= 0.6 is 27.3 Å². The average molecular weight is 367 g/mol. The van der Waals surface area contributed by atoms with Crippen molar-refractivity contribution in [1.29, 1.82) is 0 Å². The van der Waals surface area contributed by atoms with Crippen LogP contribution in [0.1, 0.15) is 27.7 Å². The second-order valence-electron chi connectivity index (χ2n) is 6.04. The molecule has 0 atom stereocenters. The average Bonchev–Trinajstić information content (AvgIpc) is 2.92. The first-order valence-electron chi connectivity index (χ1n) is 6.71. The van der Waals surface area contributed by atoms with Crippen LogP contribution in [0.15, 0.2) is 28.3 Å². The molecule has 4 nitrogen and oxygen atoms in total. The molecule has 1 saturated heterocycles. The third kappa shape index (κ3) is 2.80. The quantitative estimate of drug-likeness (QED) is 0.765. The number of thiazole rings is 1. The summed E-state index contributed by atoms with van der Waals surface area (Å²) in [4.78, 5) is 8.83. The number of pyridine rings is 1. The van der Waals surface area contributed by atoms with E-state index in [4.69, 9.17) is 9.31 Å². The Kier molecular flexibility index (Phi) is 3.72. The van der Waals surface area contributed by atoms with Crippen LogP contribution in [-0.4, -0.2) is 28.3 Å². The Morgan fingerprint density at radius 1 is 1.14 bits per heavy atom. The minimum absolute atomic E-state index is 0.337. The van der Waals surface area contributed by atoms with Gasteiger partial charge in [-0.1, -0.05) is 6.07 Å². The fraction of sp³-hybridized carbons (Fsp3) is 0.429. The molecule has 0 aliphatic carbocycles. The molecule has 0 spiro atoms. The number of halogens is 1. The number of nitrogens with zero attached hydrogens (tertiary/aromatic N) is 2. The van der Waals surface area contributed by atoms with Crippen molar-refractivity contribution in [3.63, 3.8) is 0 Å². The predicted octanol–water partition coefficient (Wildman–Crippen LogP) is 3.27. The normalized spacial score (nSPS) is 20.0. The van der Waals surface area contributed by atoms with Crippen molar-refractivity contribution >= 4 is 39.8 Å². The van der Waals surface area contributed by atoms with Gasteiger partial charge in [-0.25, -0.2) is 4.98 Å². The summed E-state index contributed by atoms with van der Waals surface area (Å²) in [5.74, 6) is 0. The number of rotatable bonds is 2. The first kappa shape index (κ1) is 15.2. The topological polar surface area (TPSA) is 44.2 Å². The number of hydrogen-bond acceptors (Lipinski definition) is 5. The summed E-state index contributed by atoms with van der Waals surface area (Å²) in [6.07, 6.45) is 1.80. The Bertz CT molecular complexity index is 641. The van der Waals surface area contributed by atoms with E-state index in [1.54, 1.807) is 17.5 Å². The second-order valence-corrected chi connectivity index (χ2v) is 7.71. The highest BCUT2D eigenvalue weighted by Crippen LogP contribution is 2.36. The van der Waals surface area contributed by atoms with E-state index in [1.807, 2.05) is 45.2 Å². The molecule has 0 radical (unpaired) electrons. The molecule has 1 aliphatic rings. The summed E-state index contributed by atoms with van der Waals surface area (Å²) in [5.41, 5.74) is 1.10. The van der Waals surface area contributed by atoms with Crippen molar-refractivity contribution in [2.24, 2.45) is 0 Å². The van der Waals surface area contributed by atoms with E-state index < -0.39 is 0 Å². The van der Waals surface area contributed by atoms with E-state index >= 15 is 0 Å². The van der Waals surface area contributed by atoms with Crippen molar-refractivity contribution in [2.45, 2.75) is 38.9 Å². The van der Waals surface area contributed by atoms with Gasteiger partial charge in [0.15, 0.2) is 0 Å². The van der Waals surface area contributed by atoms with Gasteiger partial charge in [0.05, 0.1) is 16.9 Å². The maximum Gasteiger partial charge on any atom is 0.496 e. The molecule has 0 N–H and O–H groups in total. The fourth-order valence-electron chi connectivity index (χ4n) is 2.02. The van der Waals surface area contributed by atoms with Crippen molar-refractivity contribution < 1.29 is 9.31 Å². The zero-order valence-electron chi connectivity index (χ0n) is 12.4. The lowest BCUT2D eigenvalue weighted by molar-refractivity contribution is 0.00578. The highest BCUT2D eigenvalue weighted by Gasteiger charge is 2.51. The van der Waals surface area contributed by atoms with E-state index in [-0.39, 0.29) is 18.3 Å². The summed E-state index contributed by atoms with van der Waals surface area (Å²) in [7, 11) is -0.375.